The molecule has 3 aromatic rings. The average molecular weight is 369 g/mol. The number of benzene rings is 1. The number of thiophene rings is 1. The highest BCUT2D eigenvalue weighted by molar-refractivity contribution is 7.13. The van der Waals surface area contributed by atoms with Crippen LogP contribution in [0.25, 0.3) is 10.8 Å². The fourth-order valence-electron chi connectivity index (χ4n) is 2.56. The molecule has 0 spiro atoms. The Morgan fingerprint density at radius 2 is 2.04 bits per heavy atom. The summed E-state index contributed by atoms with van der Waals surface area (Å²) in [6.45, 7) is 5.68. The summed E-state index contributed by atoms with van der Waals surface area (Å²) in [6.07, 6.45) is 1.68. The SMILES string of the molecule is CN=C(NCc1coc(-c2cccs2)n1)NCC(C)c1ccc(C)cc1. The van der Waals surface area contributed by atoms with Crippen LogP contribution in [0.15, 0.2) is 57.5 Å². The lowest BCUT2D eigenvalue weighted by Gasteiger charge is -2.16. The number of rotatable bonds is 6. The van der Waals surface area contributed by atoms with Crippen molar-refractivity contribution in [2.24, 2.45) is 4.99 Å². The van der Waals surface area contributed by atoms with E-state index in [1.54, 1.807) is 24.6 Å². The molecule has 0 bridgehead atoms. The van der Waals surface area contributed by atoms with Crippen LogP contribution in [0.1, 0.15) is 29.7 Å². The van der Waals surface area contributed by atoms with Crippen LogP contribution < -0.4 is 10.6 Å². The molecule has 2 N–H and O–H groups in total. The molecule has 1 unspecified atom stereocenters. The molecule has 0 aliphatic carbocycles. The number of oxazole rings is 1. The number of hydrogen-bond acceptors (Lipinski definition) is 4. The maximum atomic E-state index is 5.54. The number of aromatic nitrogens is 1. The summed E-state index contributed by atoms with van der Waals surface area (Å²) in [5.41, 5.74) is 3.44. The van der Waals surface area contributed by atoms with Crippen LogP contribution in [-0.2, 0) is 6.54 Å². The van der Waals surface area contributed by atoms with E-state index in [2.05, 4.69) is 58.7 Å². The molecule has 3 rings (SSSR count). The Hall–Kier alpha value is -2.60. The number of guanidine groups is 1. The second-order valence-corrected chi connectivity index (χ2v) is 7.19. The quantitative estimate of drug-likeness (QED) is 0.506. The molecule has 0 aliphatic rings. The van der Waals surface area contributed by atoms with Gasteiger partial charge in [-0.25, -0.2) is 4.98 Å². The van der Waals surface area contributed by atoms with Crippen LogP contribution in [0.5, 0.6) is 0 Å². The minimum absolute atomic E-state index is 0.395. The molecule has 26 heavy (non-hydrogen) atoms. The third-order valence-corrected chi connectivity index (χ3v) is 5.02. The first kappa shape index (κ1) is 18.2. The third kappa shape index (κ3) is 4.73. The van der Waals surface area contributed by atoms with E-state index in [0.717, 1.165) is 23.1 Å². The Labute approximate surface area is 158 Å². The molecule has 0 amide bonds. The zero-order valence-corrected chi connectivity index (χ0v) is 16.1. The molecular weight excluding hydrogens is 344 g/mol. The summed E-state index contributed by atoms with van der Waals surface area (Å²) in [4.78, 5) is 9.82. The van der Waals surface area contributed by atoms with Gasteiger partial charge in [0.25, 0.3) is 0 Å². The molecule has 0 fully saturated rings. The van der Waals surface area contributed by atoms with Gasteiger partial charge in [-0.2, -0.15) is 0 Å². The van der Waals surface area contributed by atoms with Crippen molar-refractivity contribution in [3.8, 4) is 10.8 Å². The van der Waals surface area contributed by atoms with Gasteiger partial charge < -0.3 is 15.1 Å². The predicted octanol–water partition coefficient (Wildman–Crippen LogP) is 4.18. The van der Waals surface area contributed by atoms with Gasteiger partial charge in [0.1, 0.15) is 6.26 Å². The van der Waals surface area contributed by atoms with E-state index in [9.17, 15) is 0 Å². The molecule has 0 aliphatic heterocycles. The number of hydrogen-bond donors (Lipinski definition) is 2. The van der Waals surface area contributed by atoms with Gasteiger partial charge in [0, 0.05) is 13.6 Å². The van der Waals surface area contributed by atoms with Crippen LogP contribution in [0.4, 0.5) is 0 Å². The van der Waals surface area contributed by atoms with E-state index in [0.29, 0.717) is 18.4 Å². The van der Waals surface area contributed by atoms with Gasteiger partial charge in [-0.1, -0.05) is 42.8 Å². The van der Waals surface area contributed by atoms with Crippen molar-refractivity contribution in [1.82, 2.24) is 15.6 Å². The molecule has 1 aromatic carbocycles. The second-order valence-electron chi connectivity index (χ2n) is 6.24. The van der Waals surface area contributed by atoms with Crippen LogP contribution >= 0.6 is 11.3 Å². The molecule has 0 saturated carbocycles. The lowest BCUT2D eigenvalue weighted by molar-refractivity contribution is 0.573. The van der Waals surface area contributed by atoms with Gasteiger partial charge in [0.05, 0.1) is 17.1 Å². The van der Waals surface area contributed by atoms with Gasteiger partial charge >= 0.3 is 0 Å². The van der Waals surface area contributed by atoms with Crippen molar-refractivity contribution >= 4 is 17.3 Å². The highest BCUT2D eigenvalue weighted by atomic mass is 32.1. The number of nitrogens with zero attached hydrogens (tertiary/aromatic N) is 2. The van der Waals surface area contributed by atoms with E-state index >= 15 is 0 Å². The first-order valence-corrected chi connectivity index (χ1v) is 9.53. The predicted molar refractivity (Wildman–Crippen MR) is 108 cm³/mol. The highest BCUT2D eigenvalue weighted by Crippen LogP contribution is 2.23. The van der Waals surface area contributed by atoms with Gasteiger partial charge in [0.15, 0.2) is 5.96 Å². The van der Waals surface area contributed by atoms with Crippen molar-refractivity contribution in [1.29, 1.82) is 0 Å². The fourth-order valence-corrected chi connectivity index (χ4v) is 3.21. The molecule has 1 atom stereocenters. The maximum Gasteiger partial charge on any atom is 0.236 e. The zero-order chi connectivity index (χ0) is 18.4. The second kappa shape index (κ2) is 8.67. The summed E-state index contributed by atoms with van der Waals surface area (Å²) in [7, 11) is 1.77. The van der Waals surface area contributed by atoms with Gasteiger partial charge in [-0.3, -0.25) is 4.99 Å². The lowest BCUT2D eigenvalue weighted by Crippen LogP contribution is -2.38. The van der Waals surface area contributed by atoms with Crippen molar-refractivity contribution in [2.75, 3.05) is 13.6 Å². The Morgan fingerprint density at radius 1 is 1.23 bits per heavy atom. The van der Waals surface area contributed by atoms with Crippen LogP contribution in [0, 0.1) is 6.92 Å². The molecule has 2 heterocycles. The highest BCUT2D eigenvalue weighted by Gasteiger charge is 2.09. The lowest BCUT2D eigenvalue weighted by atomic mass is 10.0. The summed E-state index contributed by atoms with van der Waals surface area (Å²) >= 11 is 1.62. The molecule has 0 saturated heterocycles. The topological polar surface area (TPSA) is 62.5 Å². The number of aryl methyl sites for hydroxylation is 1. The summed E-state index contributed by atoms with van der Waals surface area (Å²) in [6, 6.07) is 12.6. The number of aliphatic imine (C=N–C) groups is 1. The van der Waals surface area contributed by atoms with Crippen LogP contribution in [0.3, 0.4) is 0 Å². The maximum absolute atomic E-state index is 5.54. The van der Waals surface area contributed by atoms with Gasteiger partial charge in [0.2, 0.25) is 5.89 Å². The minimum Gasteiger partial charge on any atom is -0.443 e. The van der Waals surface area contributed by atoms with E-state index in [4.69, 9.17) is 4.42 Å². The first-order valence-electron chi connectivity index (χ1n) is 8.65. The Balaban J connectivity index is 1.50. The average Bonchev–Trinajstić information content (AvgIpc) is 3.34. The minimum atomic E-state index is 0.395. The number of nitrogens with one attached hydrogen (secondary N) is 2. The zero-order valence-electron chi connectivity index (χ0n) is 15.3. The fraction of sp³-hybridized carbons (Fsp3) is 0.300. The molecule has 0 radical (unpaired) electrons. The smallest absolute Gasteiger partial charge is 0.236 e. The van der Waals surface area contributed by atoms with E-state index < -0.39 is 0 Å². The molecule has 5 nitrogen and oxygen atoms in total. The van der Waals surface area contributed by atoms with E-state index in [1.807, 2.05) is 17.5 Å². The van der Waals surface area contributed by atoms with Crippen LogP contribution in [-0.4, -0.2) is 24.5 Å². The largest absolute Gasteiger partial charge is 0.443 e. The van der Waals surface area contributed by atoms with E-state index in [-0.39, 0.29) is 0 Å². The Morgan fingerprint density at radius 3 is 2.73 bits per heavy atom. The summed E-state index contributed by atoms with van der Waals surface area (Å²) < 4.78 is 5.54. The normalized spacial score (nSPS) is 12.8. The van der Waals surface area contributed by atoms with Crippen molar-refractivity contribution in [2.45, 2.75) is 26.3 Å². The van der Waals surface area contributed by atoms with Crippen molar-refractivity contribution in [3.63, 3.8) is 0 Å². The molecule has 136 valence electrons. The Bertz CT molecular complexity index is 837. The van der Waals surface area contributed by atoms with Gasteiger partial charge in [-0.05, 0) is 29.9 Å². The van der Waals surface area contributed by atoms with Gasteiger partial charge in [-0.15, -0.1) is 11.3 Å². The summed E-state index contributed by atoms with van der Waals surface area (Å²) in [5.74, 6) is 1.81. The van der Waals surface area contributed by atoms with Crippen molar-refractivity contribution < 1.29 is 4.42 Å². The van der Waals surface area contributed by atoms with Crippen molar-refractivity contribution in [3.05, 3.63) is 64.9 Å². The molecule has 2 aromatic heterocycles. The van der Waals surface area contributed by atoms with Crippen LogP contribution in [0.2, 0.25) is 0 Å². The third-order valence-electron chi connectivity index (χ3n) is 4.17. The van der Waals surface area contributed by atoms with E-state index in [1.165, 1.54) is 11.1 Å². The molecular formula is C20H24N4OS. The first-order chi connectivity index (χ1) is 12.7. The Kier molecular flexibility index (Phi) is 6.07. The molecule has 6 heteroatoms. The monoisotopic (exact) mass is 368 g/mol. The summed E-state index contributed by atoms with van der Waals surface area (Å²) in [5, 5.41) is 8.66. The standard InChI is InChI=1S/C20H24N4OS/c1-14-6-8-16(9-7-14)15(2)11-22-20(21-3)23-12-17-13-25-19(24-17)18-5-4-10-26-18/h4-10,13,15H,11-12H2,1-3H3,(H2,21,22,23).